The molecule has 0 unspecified atom stereocenters. The average molecular weight is 195 g/mol. The summed E-state index contributed by atoms with van der Waals surface area (Å²) in [6.45, 7) is 5.96. The van der Waals surface area contributed by atoms with E-state index in [2.05, 4.69) is 23.8 Å². The Morgan fingerprint density at radius 3 is 2.50 bits per heavy atom. The zero-order valence-electron chi connectivity index (χ0n) is 8.79. The highest BCUT2D eigenvalue weighted by molar-refractivity contribution is 5.34. The fourth-order valence-electron chi connectivity index (χ4n) is 1.43. The molecule has 1 aromatic rings. The van der Waals surface area contributed by atoms with Crippen LogP contribution in [0.3, 0.4) is 0 Å². The lowest BCUT2D eigenvalue weighted by atomic mass is 10.3. The highest BCUT2D eigenvalue weighted by atomic mass is 16.1. The zero-order valence-corrected chi connectivity index (χ0v) is 8.79. The molecule has 0 aliphatic rings. The summed E-state index contributed by atoms with van der Waals surface area (Å²) in [7, 11) is 0. The Hall–Kier alpha value is -1.32. The fraction of sp³-hybridized carbons (Fsp3) is 0.600. The van der Waals surface area contributed by atoms with Crippen LogP contribution in [0.2, 0.25) is 0 Å². The topological polar surface area (TPSA) is 49.0 Å². The molecule has 0 radical (unpaired) electrons. The van der Waals surface area contributed by atoms with Crippen molar-refractivity contribution in [1.82, 2.24) is 9.97 Å². The Morgan fingerprint density at radius 1 is 1.36 bits per heavy atom. The summed E-state index contributed by atoms with van der Waals surface area (Å²) >= 11 is 0. The van der Waals surface area contributed by atoms with Crippen LogP contribution >= 0.6 is 0 Å². The molecule has 1 heterocycles. The SMILES string of the molecule is CCCN(CCC)c1ncc[nH]c1=O. The third-order valence-electron chi connectivity index (χ3n) is 1.98. The van der Waals surface area contributed by atoms with Crippen LogP contribution in [0.5, 0.6) is 0 Å². The molecule has 0 fully saturated rings. The predicted molar refractivity (Wildman–Crippen MR) is 57.7 cm³/mol. The number of nitrogens with zero attached hydrogens (tertiary/aromatic N) is 2. The number of hydrogen-bond acceptors (Lipinski definition) is 3. The maximum Gasteiger partial charge on any atom is 0.290 e. The molecule has 1 aromatic heterocycles. The van der Waals surface area contributed by atoms with Gasteiger partial charge in [0.1, 0.15) is 0 Å². The van der Waals surface area contributed by atoms with E-state index < -0.39 is 0 Å². The van der Waals surface area contributed by atoms with Gasteiger partial charge in [-0.05, 0) is 12.8 Å². The first-order valence-corrected chi connectivity index (χ1v) is 5.08. The quantitative estimate of drug-likeness (QED) is 0.772. The molecule has 0 amide bonds. The van der Waals surface area contributed by atoms with Crippen LogP contribution in [-0.4, -0.2) is 23.1 Å². The smallest absolute Gasteiger partial charge is 0.290 e. The van der Waals surface area contributed by atoms with Crippen molar-refractivity contribution in [3.8, 4) is 0 Å². The Bertz CT molecular complexity index is 315. The lowest BCUT2D eigenvalue weighted by Crippen LogP contribution is -2.31. The van der Waals surface area contributed by atoms with Gasteiger partial charge in [0.25, 0.3) is 5.56 Å². The number of rotatable bonds is 5. The second kappa shape index (κ2) is 5.42. The first-order chi connectivity index (χ1) is 6.79. The Labute approximate surface area is 84.0 Å². The minimum atomic E-state index is -0.102. The molecule has 0 aliphatic carbocycles. The first kappa shape index (κ1) is 10.8. The summed E-state index contributed by atoms with van der Waals surface area (Å²) < 4.78 is 0. The monoisotopic (exact) mass is 195 g/mol. The number of nitrogens with one attached hydrogen (secondary N) is 1. The van der Waals surface area contributed by atoms with Crippen molar-refractivity contribution in [2.24, 2.45) is 0 Å². The van der Waals surface area contributed by atoms with Crippen molar-refractivity contribution in [2.45, 2.75) is 26.7 Å². The maximum atomic E-state index is 11.5. The van der Waals surface area contributed by atoms with E-state index in [0.29, 0.717) is 5.82 Å². The van der Waals surface area contributed by atoms with Crippen LogP contribution in [0.1, 0.15) is 26.7 Å². The molecular formula is C10H17N3O. The molecule has 0 aromatic carbocycles. The number of H-pyrrole nitrogens is 1. The molecule has 1 N–H and O–H groups in total. The first-order valence-electron chi connectivity index (χ1n) is 5.08. The molecule has 78 valence electrons. The molecule has 4 nitrogen and oxygen atoms in total. The standard InChI is InChI=1S/C10H17N3O/c1-3-7-13(8-4-2)9-10(14)12-6-5-11-9/h5-6H,3-4,7-8H2,1-2H3,(H,12,14). The second-order valence-electron chi connectivity index (χ2n) is 3.23. The lowest BCUT2D eigenvalue weighted by molar-refractivity contribution is 0.728. The van der Waals surface area contributed by atoms with E-state index in [1.807, 2.05) is 4.90 Å². The molecule has 0 atom stereocenters. The van der Waals surface area contributed by atoms with E-state index >= 15 is 0 Å². The van der Waals surface area contributed by atoms with Gasteiger partial charge in [-0.3, -0.25) is 4.79 Å². The maximum absolute atomic E-state index is 11.5. The van der Waals surface area contributed by atoms with E-state index in [0.717, 1.165) is 25.9 Å². The van der Waals surface area contributed by atoms with Gasteiger partial charge >= 0.3 is 0 Å². The van der Waals surface area contributed by atoms with Crippen molar-refractivity contribution >= 4 is 5.82 Å². The highest BCUT2D eigenvalue weighted by Crippen LogP contribution is 2.03. The number of aromatic amines is 1. The van der Waals surface area contributed by atoms with Gasteiger partial charge in [0.15, 0.2) is 5.82 Å². The number of hydrogen-bond donors (Lipinski definition) is 1. The minimum absolute atomic E-state index is 0.102. The normalized spacial score (nSPS) is 10.1. The molecule has 4 heteroatoms. The summed E-state index contributed by atoms with van der Waals surface area (Å²) in [6.07, 6.45) is 5.23. The van der Waals surface area contributed by atoms with Crippen LogP contribution in [0.25, 0.3) is 0 Å². The van der Waals surface area contributed by atoms with Gasteiger partial charge in [0, 0.05) is 25.5 Å². The van der Waals surface area contributed by atoms with Crippen LogP contribution in [0.15, 0.2) is 17.2 Å². The molecule has 0 bridgehead atoms. The molecule has 0 aliphatic heterocycles. The lowest BCUT2D eigenvalue weighted by Gasteiger charge is -2.20. The minimum Gasteiger partial charge on any atom is -0.352 e. The summed E-state index contributed by atoms with van der Waals surface area (Å²) in [6, 6.07) is 0. The van der Waals surface area contributed by atoms with Gasteiger partial charge in [-0.25, -0.2) is 4.98 Å². The van der Waals surface area contributed by atoms with Gasteiger partial charge in [0.05, 0.1) is 0 Å². The van der Waals surface area contributed by atoms with Crippen LogP contribution in [0, 0.1) is 0 Å². The van der Waals surface area contributed by atoms with Gasteiger partial charge in [-0.1, -0.05) is 13.8 Å². The van der Waals surface area contributed by atoms with E-state index in [9.17, 15) is 4.79 Å². The molecule has 0 saturated heterocycles. The van der Waals surface area contributed by atoms with Gasteiger partial charge in [-0.15, -0.1) is 0 Å². The average Bonchev–Trinajstić information content (AvgIpc) is 2.18. The van der Waals surface area contributed by atoms with Gasteiger partial charge in [-0.2, -0.15) is 0 Å². The van der Waals surface area contributed by atoms with E-state index in [1.165, 1.54) is 0 Å². The van der Waals surface area contributed by atoms with Crippen molar-refractivity contribution in [1.29, 1.82) is 0 Å². The molecule has 0 saturated carbocycles. The Kier molecular flexibility index (Phi) is 4.16. The largest absolute Gasteiger partial charge is 0.352 e. The van der Waals surface area contributed by atoms with Crippen molar-refractivity contribution in [3.63, 3.8) is 0 Å². The number of anilines is 1. The Morgan fingerprint density at radius 2 is 2.00 bits per heavy atom. The molecule has 14 heavy (non-hydrogen) atoms. The number of aromatic nitrogens is 2. The third kappa shape index (κ3) is 2.58. The second-order valence-corrected chi connectivity index (χ2v) is 3.23. The summed E-state index contributed by atoms with van der Waals surface area (Å²) in [5.41, 5.74) is -0.102. The fourth-order valence-corrected chi connectivity index (χ4v) is 1.43. The zero-order chi connectivity index (χ0) is 10.4. The van der Waals surface area contributed by atoms with E-state index in [1.54, 1.807) is 12.4 Å². The van der Waals surface area contributed by atoms with Crippen molar-refractivity contribution in [3.05, 3.63) is 22.7 Å². The van der Waals surface area contributed by atoms with Gasteiger partial charge < -0.3 is 9.88 Å². The molecule has 1 rings (SSSR count). The van der Waals surface area contributed by atoms with Crippen LogP contribution < -0.4 is 10.5 Å². The van der Waals surface area contributed by atoms with Crippen molar-refractivity contribution in [2.75, 3.05) is 18.0 Å². The Balaban J connectivity index is 2.87. The van der Waals surface area contributed by atoms with E-state index in [-0.39, 0.29) is 5.56 Å². The van der Waals surface area contributed by atoms with Crippen LogP contribution in [-0.2, 0) is 0 Å². The van der Waals surface area contributed by atoms with Gasteiger partial charge in [0.2, 0.25) is 0 Å². The summed E-state index contributed by atoms with van der Waals surface area (Å²) in [4.78, 5) is 20.2. The van der Waals surface area contributed by atoms with Crippen LogP contribution in [0.4, 0.5) is 5.82 Å². The highest BCUT2D eigenvalue weighted by Gasteiger charge is 2.08. The predicted octanol–water partition coefficient (Wildman–Crippen LogP) is 1.40. The third-order valence-corrected chi connectivity index (χ3v) is 1.98. The summed E-state index contributed by atoms with van der Waals surface area (Å²) in [5.74, 6) is 0.538. The summed E-state index contributed by atoms with van der Waals surface area (Å²) in [5, 5.41) is 0. The van der Waals surface area contributed by atoms with Crippen molar-refractivity contribution < 1.29 is 0 Å². The molecular weight excluding hydrogens is 178 g/mol. The van der Waals surface area contributed by atoms with E-state index in [4.69, 9.17) is 0 Å². The molecule has 0 spiro atoms.